The minimum Gasteiger partial charge on any atom is -0.508 e. The van der Waals surface area contributed by atoms with Crippen molar-refractivity contribution >= 4 is 5.97 Å². The van der Waals surface area contributed by atoms with Crippen molar-refractivity contribution in [1.82, 2.24) is 0 Å². The van der Waals surface area contributed by atoms with Gasteiger partial charge < -0.3 is 10.2 Å². The molecule has 0 spiro atoms. The molecule has 0 saturated carbocycles. The van der Waals surface area contributed by atoms with Gasteiger partial charge >= 0.3 is 5.97 Å². The standard InChI is InChI=1S/C12H16O3/c1-2-3-10(12(14)15)8-9-4-6-11(13)7-5-9/h4-7,10,13H,2-3,8H2,1H3,(H,14,15). The van der Waals surface area contributed by atoms with Crippen LogP contribution >= 0.6 is 0 Å². The fourth-order valence-corrected chi connectivity index (χ4v) is 1.58. The van der Waals surface area contributed by atoms with E-state index in [1.165, 1.54) is 0 Å². The normalized spacial score (nSPS) is 12.3. The molecule has 0 aromatic heterocycles. The summed E-state index contributed by atoms with van der Waals surface area (Å²) in [6.45, 7) is 1.98. The number of carbonyl (C=O) groups is 1. The maximum atomic E-state index is 10.9. The Hall–Kier alpha value is -1.51. The molecule has 3 heteroatoms. The topological polar surface area (TPSA) is 57.5 Å². The van der Waals surface area contributed by atoms with Crippen molar-refractivity contribution in [3.05, 3.63) is 29.8 Å². The fraction of sp³-hybridized carbons (Fsp3) is 0.417. The van der Waals surface area contributed by atoms with Crippen molar-refractivity contribution in [3.63, 3.8) is 0 Å². The maximum absolute atomic E-state index is 10.9. The first-order valence-corrected chi connectivity index (χ1v) is 5.14. The van der Waals surface area contributed by atoms with Crippen molar-refractivity contribution in [1.29, 1.82) is 0 Å². The minimum atomic E-state index is -0.745. The third-order valence-corrected chi connectivity index (χ3v) is 2.40. The van der Waals surface area contributed by atoms with Crippen molar-refractivity contribution in [2.45, 2.75) is 26.2 Å². The van der Waals surface area contributed by atoms with Crippen LogP contribution in [0.4, 0.5) is 0 Å². The predicted molar refractivity (Wildman–Crippen MR) is 57.8 cm³/mol. The zero-order valence-electron chi connectivity index (χ0n) is 8.81. The van der Waals surface area contributed by atoms with Gasteiger partial charge in [-0.25, -0.2) is 0 Å². The largest absolute Gasteiger partial charge is 0.508 e. The molecule has 2 N–H and O–H groups in total. The van der Waals surface area contributed by atoms with E-state index in [1.54, 1.807) is 24.3 Å². The van der Waals surface area contributed by atoms with Gasteiger partial charge in [0, 0.05) is 0 Å². The lowest BCUT2D eigenvalue weighted by Crippen LogP contribution is -2.16. The molecule has 0 bridgehead atoms. The Morgan fingerprint density at radius 2 is 1.93 bits per heavy atom. The molecule has 0 saturated heterocycles. The van der Waals surface area contributed by atoms with E-state index < -0.39 is 5.97 Å². The van der Waals surface area contributed by atoms with Crippen molar-refractivity contribution in [2.24, 2.45) is 5.92 Å². The number of phenols is 1. The number of rotatable bonds is 5. The summed E-state index contributed by atoms with van der Waals surface area (Å²) < 4.78 is 0. The Bertz CT molecular complexity index is 316. The number of hydrogen-bond acceptors (Lipinski definition) is 2. The molecule has 1 aromatic carbocycles. The molecule has 3 nitrogen and oxygen atoms in total. The van der Waals surface area contributed by atoms with Crippen LogP contribution in [0.5, 0.6) is 5.75 Å². The lowest BCUT2D eigenvalue weighted by atomic mass is 9.95. The summed E-state index contributed by atoms with van der Waals surface area (Å²) in [6.07, 6.45) is 2.09. The van der Waals surface area contributed by atoms with Crippen LogP contribution in [0.1, 0.15) is 25.3 Å². The van der Waals surface area contributed by atoms with E-state index in [1.807, 2.05) is 6.92 Å². The summed E-state index contributed by atoms with van der Waals surface area (Å²) >= 11 is 0. The van der Waals surface area contributed by atoms with Crippen molar-refractivity contribution in [2.75, 3.05) is 0 Å². The average molecular weight is 208 g/mol. The molecular formula is C12H16O3. The molecule has 0 radical (unpaired) electrons. The lowest BCUT2D eigenvalue weighted by Gasteiger charge is -2.10. The Morgan fingerprint density at radius 1 is 1.33 bits per heavy atom. The number of carboxylic acids is 1. The van der Waals surface area contributed by atoms with Crippen LogP contribution in [0, 0.1) is 5.92 Å². The van der Waals surface area contributed by atoms with E-state index in [4.69, 9.17) is 10.2 Å². The van der Waals surface area contributed by atoms with Crippen molar-refractivity contribution < 1.29 is 15.0 Å². The lowest BCUT2D eigenvalue weighted by molar-refractivity contribution is -0.141. The zero-order chi connectivity index (χ0) is 11.3. The van der Waals surface area contributed by atoms with E-state index in [2.05, 4.69) is 0 Å². The van der Waals surface area contributed by atoms with Crippen LogP contribution in [0.2, 0.25) is 0 Å². The second-order valence-electron chi connectivity index (χ2n) is 3.69. The second kappa shape index (κ2) is 5.39. The van der Waals surface area contributed by atoms with Gasteiger partial charge in [-0.1, -0.05) is 25.5 Å². The van der Waals surface area contributed by atoms with Crippen LogP contribution in [0.3, 0.4) is 0 Å². The molecule has 0 aliphatic heterocycles. The SMILES string of the molecule is CCCC(Cc1ccc(O)cc1)C(=O)O. The van der Waals surface area contributed by atoms with Gasteiger partial charge in [-0.3, -0.25) is 4.79 Å². The molecule has 1 rings (SSSR count). The Morgan fingerprint density at radius 3 is 2.40 bits per heavy atom. The summed E-state index contributed by atoms with van der Waals surface area (Å²) in [5.74, 6) is -0.856. The van der Waals surface area contributed by atoms with Crippen LogP contribution in [-0.4, -0.2) is 16.2 Å². The molecule has 0 fully saturated rings. The maximum Gasteiger partial charge on any atom is 0.306 e. The summed E-state index contributed by atoms with van der Waals surface area (Å²) in [7, 11) is 0. The van der Waals surface area contributed by atoms with E-state index >= 15 is 0 Å². The number of hydrogen-bond donors (Lipinski definition) is 2. The number of benzene rings is 1. The van der Waals surface area contributed by atoms with E-state index in [0.29, 0.717) is 12.8 Å². The first-order valence-electron chi connectivity index (χ1n) is 5.14. The highest BCUT2D eigenvalue weighted by atomic mass is 16.4. The molecule has 0 aliphatic rings. The Balaban J connectivity index is 2.65. The van der Waals surface area contributed by atoms with Crippen LogP contribution in [0.15, 0.2) is 24.3 Å². The Labute approximate surface area is 89.4 Å². The molecule has 1 atom stereocenters. The molecule has 0 aliphatic carbocycles. The van der Waals surface area contributed by atoms with E-state index in [-0.39, 0.29) is 11.7 Å². The molecule has 15 heavy (non-hydrogen) atoms. The van der Waals surface area contributed by atoms with Crippen molar-refractivity contribution in [3.8, 4) is 5.75 Å². The van der Waals surface area contributed by atoms with Gasteiger partial charge in [0.05, 0.1) is 5.92 Å². The highest BCUT2D eigenvalue weighted by molar-refractivity contribution is 5.70. The highest BCUT2D eigenvalue weighted by Gasteiger charge is 2.16. The van der Waals surface area contributed by atoms with E-state index in [9.17, 15) is 4.79 Å². The third kappa shape index (κ3) is 3.62. The van der Waals surface area contributed by atoms with Gasteiger partial charge in [-0.05, 0) is 30.5 Å². The number of carboxylic acid groups (broad SMARTS) is 1. The molecule has 1 unspecified atom stereocenters. The van der Waals surface area contributed by atoms with Gasteiger partial charge in [-0.2, -0.15) is 0 Å². The molecule has 1 aromatic rings. The Kier molecular flexibility index (Phi) is 4.16. The molecule has 82 valence electrons. The number of aliphatic carboxylic acids is 1. The summed E-state index contributed by atoms with van der Waals surface area (Å²) in [6, 6.07) is 6.70. The van der Waals surface area contributed by atoms with Gasteiger partial charge in [0.1, 0.15) is 5.75 Å². The average Bonchev–Trinajstić information content (AvgIpc) is 2.20. The summed E-state index contributed by atoms with van der Waals surface area (Å²) in [5.41, 5.74) is 0.952. The first-order chi connectivity index (χ1) is 7.13. The second-order valence-corrected chi connectivity index (χ2v) is 3.69. The van der Waals surface area contributed by atoms with Gasteiger partial charge in [0.2, 0.25) is 0 Å². The third-order valence-electron chi connectivity index (χ3n) is 2.40. The van der Waals surface area contributed by atoms with Crippen LogP contribution in [0.25, 0.3) is 0 Å². The fourth-order valence-electron chi connectivity index (χ4n) is 1.58. The highest BCUT2D eigenvalue weighted by Crippen LogP contribution is 2.17. The minimum absolute atomic E-state index is 0.209. The summed E-state index contributed by atoms with van der Waals surface area (Å²) in [4.78, 5) is 10.9. The van der Waals surface area contributed by atoms with Gasteiger partial charge in [-0.15, -0.1) is 0 Å². The molecule has 0 amide bonds. The smallest absolute Gasteiger partial charge is 0.306 e. The molecule has 0 heterocycles. The molecular weight excluding hydrogens is 192 g/mol. The van der Waals surface area contributed by atoms with Gasteiger partial charge in [0.25, 0.3) is 0 Å². The predicted octanol–water partition coefficient (Wildman–Crippen LogP) is 2.44. The van der Waals surface area contributed by atoms with Gasteiger partial charge in [0.15, 0.2) is 0 Å². The number of phenolic OH excluding ortho intramolecular Hbond substituents is 1. The van der Waals surface area contributed by atoms with Crippen LogP contribution < -0.4 is 0 Å². The zero-order valence-corrected chi connectivity index (χ0v) is 8.81. The summed E-state index contributed by atoms with van der Waals surface area (Å²) in [5, 5.41) is 18.1. The van der Waals surface area contributed by atoms with Crippen LogP contribution in [-0.2, 0) is 11.2 Å². The van der Waals surface area contributed by atoms with E-state index in [0.717, 1.165) is 12.0 Å². The quantitative estimate of drug-likeness (QED) is 0.781. The monoisotopic (exact) mass is 208 g/mol. The number of aromatic hydroxyl groups is 1. The first kappa shape index (κ1) is 11.6.